The van der Waals surface area contributed by atoms with E-state index in [9.17, 15) is 9.59 Å². The monoisotopic (exact) mass is 261 g/mol. The molecule has 1 heterocycles. The lowest BCUT2D eigenvalue weighted by atomic mass is 9.95. The zero-order chi connectivity index (χ0) is 13.6. The molecule has 1 amide bonds. The molecule has 0 spiro atoms. The summed E-state index contributed by atoms with van der Waals surface area (Å²) in [4.78, 5) is 26.0. The average Bonchev–Trinajstić information content (AvgIpc) is 3.05. The molecular weight excluding hydrogens is 246 g/mol. The van der Waals surface area contributed by atoms with Crippen molar-refractivity contribution in [2.45, 2.75) is 18.3 Å². The minimum absolute atomic E-state index is 0.0114. The van der Waals surface area contributed by atoms with E-state index in [2.05, 4.69) is 10.4 Å². The number of fused-ring (bicyclic) bond motifs is 1. The molecule has 2 aromatic rings. The third-order valence-corrected chi connectivity index (χ3v) is 3.48. The summed E-state index contributed by atoms with van der Waals surface area (Å²) in [5.74, 6) is -0.488. The molecule has 100 valence electrons. The largest absolute Gasteiger partial charge is 0.417 e. The number of amides is 1. The highest BCUT2D eigenvalue weighted by atomic mass is 16.4. The lowest BCUT2D eigenvalue weighted by Crippen LogP contribution is -2.42. The van der Waals surface area contributed by atoms with Crippen LogP contribution in [0.4, 0.5) is 0 Å². The lowest BCUT2D eigenvalue weighted by Gasteiger charge is -2.19. The summed E-state index contributed by atoms with van der Waals surface area (Å²) in [6, 6.07) is 5.40. The van der Waals surface area contributed by atoms with Crippen LogP contribution in [0.5, 0.6) is 0 Å². The van der Waals surface area contributed by atoms with Gasteiger partial charge in [0.1, 0.15) is 0 Å². The molecule has 1 aliphatic rings. The van der Waals surface area contributed by atoms with E-state index in [-0.39, 0.29) is 5.91 Å². The van der Waals surface area contributed by atoms with Crippen LogP contribution in [-0.4, -0.2) is 30.0 Å². The SMILES string of the molecule is CN(C)NC(=O)C1(c2ccc3oc(=O)[nH]c3c2)CC1. The van der Waals surface area contributed by atoms with Crippen molar-refractivity contribution in [1.29, 1.82) is 0 Å². The minimum Gasteiger partial charge on any atom is -0.408 e. The van der Waals surface area contributed by atoms with Crippen LogP contribution >= 0.6 is 0 Å². The molecule has 2 N–H and O–H groups in total. The maximum absolute atomic E-state index is 12.2. The molecule has 0 aliphatic heterocycles. The van der Waals surface area contributed by atoms with Crippen LogP contribution < -0.4 is 11.2 Å². The van der Waals surface area contributed by atoms with Gasteiger partial charge in [0.2, 0.25) is 5.91 Å². The van der Waals surface area contributed by atoms with Gasteiger partial charge < -0.3 is 4.42 Å². The lowest BCUT2D eigenvalue weighted by molar-refractivity contribution is -0.127. The number of hydrogen-bond donors (Lipinski definition) is 2. The fourth-order valence-corrected chi connectivity index (χ4v) is 2.33. The van der Waals surface area contributed by atoms with Gasteiger partial charge in [-0.05, 0) is 30.5 Å². The van der Waals surface area contributed by atoms with Gasteiger partial charge in [-0.15, -0.1) is 0 Å². The molecule has 3 rings (SSSR count). The van der Waals surface area contributed by atoms with Crippen molar-refractivity contribution in [2.24, 2.45) is 0 Å². The van der Waals surface area contributed by atoms with E-state index in [1.807, 2.05) is 12.1 Å². The van der Waals surface area contributed by atoms with Crippen LogP contribution in [0.3, 0.4) is 0 Å². The first-order valence-electron chi connectivity index (χ1n) is 6.13. The molecule has 0 unspecified atom stereocenters. The Hall–Kier alpha value is -2.08. The van der Waals surface area contributed by atoms with Gasteiger partial charge >= 0.3 is 5.76 Å². The number of nitrogens with zero attached hydrogens (tertiary/aromatic N) is 1. The van der Waals surface area contributed by atoms with E-state index in [1.54, 1.807) is 25.2 Å². The fourth-order valence-electron chi connectivity index (χ4n) is 2.33. The van der Waals surface area contributed by atoms with Crippen molar-refractivity contribution in [1.82, 2.24) is 15.4 Å². The molecule has 6 nitrogen and oxygen atoms in total. The highest BCUT2D eigenvalue weighted by Gasteiger charge is 2.51. The second-order valence-electron chi connectivity index (χ2n) is 5.14. The van der Waals surface area contributed by atoms with Gasteiger partial charge in [-0.1, -0.05) is 6.07 Å². The number of H-pyrrole nitrogens is 1. The first-order chi connectivity index (χ1) is 9.01. The number of aromatic nitrogens is 1. The maximum atomic E-state index is 12.2. The number of oxazole rings is 1. The van der Waals surface area contributed by atoms with Gasteiger partial charge in [0.15, 0.2) is 5.58 Å². The third kappa shape index (κ3) is 1.94. The van der Waals surface area contributed by atoms with E-state index < -0.39 is 11.2 Å². The number of carbonyl (C=O) groups is 1. The van der Waals surface area contributed by atoms with Crippen LogP contribution in [0.25, 0.3) is 11.1 Å². The summed E-state index contributed by atoms with van der Waals surface area (Å²) < 4.78 is 4.96. The van der Waals surface area contributed by atoms with Gasteiger partial charge in [-0.2, -0.15) is 0 Å². The van der Waals surface area contributed by atoms with Crippen LogP contribution in [0.1, 0.15) is 18.4 Å². The average molecular weight is 261 g/mol. The molecule has 1 fully saturated rings. The second kappa shape index (κ2) is 3.96. The Morgan fingerprint density at radius 2 is 2.16 bits per heavy atom. The molecule has 1 aliphatic carbocycles. The molecule has 1 aromatic heterocycles. The van der Waals surface area contributed by atoms with Gasteiger partial charge in [-0.3, -0.25) is 15.2 Å². The van der Waals surface area contributed by atoms with E-state index in [0.717, 1.165) is 18.4 Å². The molecule has 0 bridgehead atoms. The Kier molecular flexibility index (Phi) is 2.50. The summed E-state index contributed by atoms with van der Waals surface area (Å²) in [6.07, 6.45) is 1.64. The summed E-state index contributed by atoms with van der Waals surface area (Å²) in [7, 11) is 3.56. The molecule has 0 radical (unpaired) electrons. The highest BCUT2D eigenvalue weighted by molar-refractivity contribution is 5.92. The van der Waals surface area contributed by atoms with E-state index >= 15 is 0 Å². The molecule has 0 atom stereocenters. The molecule has 0 saturated heterocycles. The molecule has 1 aromatic carbocycles. The number of aromatic amines is 1. The zero-order valence-electron chi connectivity index (χ0n) is 10.8. The first-order valence-corrected chi connectivity index (χ1v) is 6.13. The van der Waals surface area contributed by atoms with Crippen molar-refractivity contribution in [3.63, 3.8) is 0 Å². The van der Waals surface area contributed by atoms with Gasteiger partial charge in [0.25, 0.3) is 0 Å². The van der Waals surface area contributed by atoms with Crippen molar-refractivity contribution in [3.05, 3.63) is 34.3 Å². The number of benzene rings is 1. The summed E-state index contributed by atoms with van der Waals surface area (Å²) in [6.45, 7) is 0. The highest BCUT2D eigenvalue weighted by Crippen LogP contribution is 2.48. The van der Waals surface area contributed by atoms with Crippen molar-refractivity contribution >= 4 is 17.0 Å². The zero-order valence-corrected chi connectivity index (χ0v) is 10.8. The number of hydrazine groups is 1. The van der Waals surface area contributed by atoms with Crippen molar-refractivity contribution < 1.29 is 9.21 Å². The summed E-state index contributed by atoms with van der Waals surface area (Å²) >= 11 is 0. The smallest absolute Gasteiger partial charge is 0.408 e. The van der Waals surface area contributed by atoms with E-state index in [1.165, 1.54) is 0 Å². The third-order valence-electron chi connectivity index (χ3n) is 3.48. The quantitative estimate of drug-likeness (QED) is 0.799. The molecule has 19 heavy (non-hydrogen) atoms. The van der Waals surface area contributed by atoms with Crippen LogP contribution in [0.15, 0.2) is 27.4 Å². The Balaban J connectivity index is 1.99. The molecular formula is C13H15N3O3. The number of nitrogens with one attached hydrogen (secondary N) is 2. The maximum Gasteiger partial charge on any atom is 0.417 e. The van der Waals surface area contributed by atoms with Crippen LogP contribution in [-0.2, 0) is 10.2 Å². The Morgan fingerprint density at radius 1 is 1.42 bits per heavy atom. The topological polar surface area (TPSA) is 78.3 Å². The van der Waals surface area contributed by atoms with Crippen LogP contribution in [0.2, 0.25) is 0 Å². The Bertz CT molecular complexity index is 694. The molecule has 1 saturated carbocycles. The number of hydrogen-bond acceptors (Lipinski definition) is 4. The fraction of sp³-hybridized carbons (Fsp3) is 0.385. The van der Waals surface area contributed by atoms with Crippen LogP contribution in [0, 0.1) is 0 Å². The van der Waals surface area contributed by atoms with Crippen molar-refractivity contribution in [3.8, 4) is 0 Å². The van der Waals surface area contributed by atoms with E-state index in [0.29, 0.717) is 11.1 Å². The second-order valence-corrected chi connectivity index (χ2v) is 5.14. The van der Waals surface area contributed by atoms with Gasteiger partial charge in [0.05, 0.1) is 10.9 Å². The predicted octanol–water partition coefficient (Wildman–Crippen LogP) is 0.745. The van der Waals surface area contributed by atoms with Gasteiger partial charge in [0, 0.05) is 14.1 Å². The Morgan fingerprint density at radius 3 is 2.79 bits per heavy atom. The molecule has 6 heteroatoms. The standard InChI is InChI=1S/C13H15N3O3/c1-16(2)15-11(17)13(5-6-13)8-3-4-10-9(7-8)14-12(18)19-10/h3-4,7H,5-6H2,1-2H3,(H,14,18)(H,15,17). The number of carbonyl (C=O) groups excluding carboxylic acids is 1. The summed E-state index contributed by atoms with van der Waals surface area (Å²) in [5, 5.41) is 1.64. The van der Waals surface area contributed by atoms with E-state index in [4.69, 9.17) is 4.42 Å². The first kappa shape index (κ1) is 12.0. The normalized spacial score (nSPS) is 16.8. The minimum atomic E-state index is -0.477. The predicted molar refractivity (Wildman–Crippen MR) is 69.6 cm³/mol. The number of rotatable bonds is 3. The Labute approximate surface area is 109 Å². The summed E-state index contributed by atoms with van der Waals surface area (Å²) in [5.41, 5.74) is 4.39. The van der Waals surface area contributed by atoms with Crippen molar-refractivity contribution in [2.75, 3.05) is 14.1 Å². The van der Waals surface area contributed by atoms with Gasteiger partial charge in [-0.25, -0.2) is 9.80 Å².